The van der Waals surface area contributed by atoms with Crippen molar-refractivity contribution >= 4 is 22.8 Å². The lowest BCUT2D eigenvalue weighted by Gasteiger charge is -2.05. The van der Waals surface area contributed by atoms with Crippen molar-refractivity contribution in [2.75, 3.05) is 12.8 Å². The number of benzene rings is 1. The summed E-state index contributed by atoms with van der Waals surface area (Å²) in [5.74, 6) is 1.82. The molecule has 1 aromatic carbocycles. The van der Waals surface area contributed by atoms with Gasteiger partial charge in [0.15, 0.2) is 17.1 Å². The minimum atomic E-state index is -0.193. The van der Waals surface area contributed by atoms with Gasteiger partial charge in [0.2, 0.25) is 11.8 Å². The number of fused-ring (bicyclic) bond motifs is 3. The van der Waals surface area contributed by atoms with Crippen LogP contribution in [-0.2, 0) is 20.0 Å². The molecule has 0 saturated heterocycles. The van der Waals surface area contributed by atoms with Gasteiger partial charge in [-0.3, -0.25) is 9.13 Å². The van der Waals surface area contributed by atoms with Crippen LogP contribution in [0.1, 0.15) is 5.56 Å². The van der Waals surface area contributed by atoms with Gasteiger partial charge >= 0.3 is 5.69 Å². The van der Waals surface area contributed by atoms with Crippen molar-refractivity contribution < 1.29 is 9.15 Å². The van der Waals surface area contributed by atoms with Gasteiger partial charge in [-0.1, -0.05) is 12.1 Å². The second-order valence-electron chi connectivity index (χ2n) is 6.88. The van der Waals surface area contributed by atoms with Crippen LogP contribution in [0, 0.1) is 0 Å². The third-order valence-corrected chi connectivity index (χ3v) is 5.10. The molecule has 5 rings (SSSR count). The lowest BCUT2D eigenvalue weighted by Crippen LogP contribution is -2.23. The SMILES string of the molecule is COc1ccc(CCn2c(=O)n(C)c3c2nc(N)n2nc(-c4ccco4)nc32)cc1. The zero-order valence-corrected chi connectivity index (χ0v) is 16.4. The average molecular weight is 405 g/mol. The molecule has 0 amide bonds. The second kappa shape index (κ2) is 6.76. The van der Waals surface area contributed by atoms with Gasteiger partial charge in [0, 0.05) is 13.6 Å². The van der Waals surface area contributed by atoms with Gasteiger partial charge in [0.1, 0.15) is 11.3 Å². The number of furan rings is 1. The number of rotatable bonds is 5. The van der Waals surface area contributed by atoms with Crippen LogP contribution in [0.4, 0.5) is 5.95 Å². The Labute approximate surface area is 170 Å². The summed E-state index contributed by atoms with van der Waals surface area (Å²) in [6, 6.07) is 11.3. The number of imidazole rings is 1. The normalized spacial score (nSPS) is 11.5. The fraction of sp³-hybridized carbons (Fsp3) is 0.200. The highest BCUT2D eigenvalue weighted by Gasteiger charge is 2.21. The van der Waals surface area contributed by atoms with Gasteiger partial charge in [0.05, 0.1) is 13.4 Å². The molecule has 4 heterocycles. The van der Waals surface area contributed by atoms with Gasteiger partial charge in [0.25, 0.3) is 0 Å². The maximum atomic E-state index is 12.9. The van der Waals surface area contributed by atoms with E-state index in [0.717, 1.165) is 11.3 Å². The van der Waals surface area contributed by atoms with E-state index < -0.39 is 0 Å². The summed E-state index contributed by atoms with van der Waals surface area (Å²) in [4.78, 5) is 21.9. The van der Waals surface area contributed by atoms with Crippen molar-refractivity contribution in [1.29, 1.82) is 0 Å². The van der Waals surface area contributed by atoms with Crippen LogP contribution in [0.15, 0.2) is 51.9 Å². The minimum absolute atomic E-state index is 0.145. The van der Waals surface area contributed by atoms with E-state index in [9.17, 15) is 4.79 Å². The maximum absolute atomic E-state index is 12.9. The monoisotopic (exact) mass is 405 g/mol. The zero-order valence-electron chi connectivity index (χ0n) is 16.4. The van der Waals surface area contributed by atoms with Crippen LogP contribution in [-0.4, -0.2) is 35.8 Å². The summed E-state index contributed by atoms with van der Waals surface area (Å²) in [7, 11) is 3.32. The molecular formula is C20H19N7O3. The number of methoxy groups -OCH3 is 1. The molecule has 0 bridgehead atoms. The smallest absolute Gasteiger partial charge is 0.330 e. The molecule has 30 heavy (non-hydrogen) atoms. The van der Waals surface area contributed by atoms with Gasteiger partial charge in [-0.15, -0.1) is 5.10 Å². The lowest BCUT2D eigenvalue weighted by molar-refractivity contribution is 0.414. The predicted octanol–water partition coefficient (Wildman–Crippen LogP) is 1.87. The molecule has 0 aliphatic carbocycles. The first-order valence-electron chi connectivity index (χ1n) is 9.35. The Bertz CT molecular complexity index is 1410. The molecule has 0 atom stereocenters. The van der Waals surface area contributed by atoms with E-state index in [4.69, 9.17) is 14.9 Å². The third-order valence-electron chi connectivity index (χ3n) is 5.10. The molecule has 10 heteroatoms. The number of aromatic nitrogens is 6. The topological polar surface area (TPSA) is 118 Å². The van der Waals surface area contributed by atoms with Crippen LogP contribution in [0.25, 0.3) is 28.4 Å². The molecule has 4 aromatic heterocycles. The van der Waals surface area contributed by atoms with Gasteiger partial charge in [-0.25, -0.2) is 9.78 Å². The van der Waals surface area contributed by atoms with E-state index in [-0.39, 0.29) is 11.6 Å². The van der Waals surface area contributed by atoms with E-state index in [1.807, 2.05) is 24.3 Å². The maximum Gasteiger partial charge on any atom is 0.330 e. The molecule has 0 fully saturated rings. The molecule has 10 nitrogen and oxygen atoms in total. The quantitative estimate of drug-likeness (QED) is 0.474. The van der Waals surface area contributed by atoms with E-state index in [1.54, 1.807) is 37.1 Å². The Morgan fingerprint density at radius 2 is 1.93 bits per heavy atom. The van der Waals surface area contributed by atoms with E-state index >= 15 is 0 Å². The molecular weight excluding hydrogens is 386 g/mol. The Kier molecular flexibility index (Phi) is 4.05. The molecule has 5 aromatic rings. The predicted molar refractivity (Wildman–Crippen MR) is 110 cm³/mol. The highest BCUT2D eigenvalue weighted by Crippen LogP contribution is 2.23. The molecule has 2 N–H and O–H groups in total. The summed E-state index contributed by atoms with van der Waals surface area (Å²) in [6.45, 7) is 0.449. The Balaban J connectivity index is 1.60. The van der Waals surface area contributed by atoms with Crippen LogP contribution in [0.2, 0.25) is 0 Å². The number of hydrogen-bond acceptors (Lipinski definition) is 7. The summed E-state index contributed by atoms with van der Waals surface area (Å²) in [5.41, 5.74) is 8.51. The second-order valence-corrected chi connectivity index (χ2v) is 6.88. The summed E-state index contributed by atoms with van der Waals surface area (Å²) < 4.78 is 15.1. The average Bonchev–Trinajstić information content (AvgIpc) is 3.48. The lowest BCUT2D eigenvalue weighted by atomic mass is 10.1. The van der Waals surface area contributed by atoms with Crippen molar-refractivity contribution in [3.63, 3.8) is 0 Å². The van der Waals surface area contributed by atoms with Crippen LogP contribution >= 0.6 is 0 Å². The van der Waals surface area contributed by atoms with Crippen molar-refractivity contribution in [2.45, 2.75) is 13.0 Å². The fourth-order valence-corrected chi connectivity index (χ4v) is 3.53. The first-order chi connectivity index (χ1) is 14.6. The molecule has 0 aliphatic rings. The number of anilines is 1. The molecule has 0 unspecified atom stereocenters. The number of aryl methyl sites for hydroxylation is 3. The van der Waals surface area contributed by atoms with E-state index in [2.05, 4.69) is 15.1 Å². The largest absolute Gasteiger partial charge is 0.497 e. The van der Waals surface area contributed by atoms with Gasteiger partial charge < -0.3 is 14.9 Å². The van der Waals surface area contributed by atoms with Crippen LogP contribution < -0.4 is 16.2 Å². The first-order valence-corrected chi connectivity index (χ1v) is 9.35. The van der Waals surface area contributed by atoms with Crippen LogP contribution in [0.5, 0.6) is 5.75 Å². The summed E-state index contributed by atoms with van der Waals surface area (Å²) in [5, 5.41) is 4.38. The van der Waals surface area contributed by atoms with E-state index in [1.165, 1.54) is 9.08 Å². The zero-order chi connectivity index (χ0) is 20.8. The number of ether oxygens (including phenoxy) is 1. The van der Waals surface area contributed by atoms with Crippen molar-refractivity contribution in [3.8, 4) is 17.3 Å². The number of nitrogens with zero attached hydrogens (tertiary/aromatic N) is 6. The number of hydrogen-bond donors (Lipinski definition) is 1. The van der Waals surface area contributed by atoms with E-state index in [0.29, 0.717) is 41.4 Å². The molecule has 0 radical (unpaired) electrons. The Hall–Kier alpha value is -4.08. The molecule has 0 aliphatic heterocycles. The van der Waals surface area contributed by atoms with Gasteiger partial charge in [-0.2, -0.15) is 9.50 Å². The van der Waals surface area contributed by atoms with Crippen molar-refractivity contribution in [2.24, 2.45) is 7.05 Å². The summed E-state index contributed by atoms with van der Waals surface area (Å²) in [6.07, 6.45) is 2.20. The molecule has 152 valence electrons. The minimum Gasteiger partial charge on any atom is -0.497 e. The van der Waals surface area contributed by atoms with Crippen LogP contribution in [0.3, 0.4) is 0 Å². The Morgan fingerprint density at radius 1 is 1.13 bits per heavy atom. The molecule has 0 spiro atoms. The number of nitrogen functional groups attached to an aromatic ring is 1. The fourth-order valence-electron chi connectivity index (χ4n) is 3.53. The Morgan fingerprint density at radius 3 is 2.63 bits per heavy atom. The van der Waals surface area contributed by atoms with Crippen molar-refractivity contribution in [1.82, 2.24) is 28.7 Å². The van der Waals surface area contributed by atoms with Gasteiger partial charge in [-0.05, 0) is 36.2 Å². The first kappa shape index (κ1) is 18.0. The highest BCUT2D eigenvalue weighted by atomic mass is 16.5. The summed E-state index contributed by atoms with van der Waals surface area (Å²) >= 11 is 0. The number of nitrogens with two attached hydrogens (primary N) is 1. The highest BCUT2D eigenvalue weighted by molar-refractivity contribution is 5.88. The third kappa shape index (κ3) is 2.72. The van der Waals surface area contributed by atoms with Crippen molar-refractivity contribution in [3.05, 3.63) is 58.7 Å². The standard InChI is InChI=1S/C20H19N7O3/c1-25-15-17(26(20(25)28)10-9-12-5-7-13(29-2)8-6-12)23-19(21)27-18(15)22-16(24-27)14-4-3-11-30-14/h3-8,11H,9-10H2,1-2H3,(H2,21,23). The molecule has 0 saturated carbocycles.